The van der Waals surface area contributed by atoms with E-state index >= 15 is 0 Å². The average molecular weight is 359 g/mol. The summed E-state index contributed by atoms with van der Waals surface area (Å²) in [5.41, 5.74) is 0.489. The van der Waals surface area contributed by atoms with Crippen molar-refractivity contribution in [3.63, 3.8) is 0 Å². The molecule has 0 fully saturated rings. The maximum atomic E-state index is 12.4. The van der Waals surface area contributed by atoms with Crippen LogP contribution in [0.4, 0.5) is 5.69 Å². The molecule has 108 valence electrons. The Kier molecular flexibility index (Phi) is 4.52. The first kappa shape index (κ1) is 15.1. The molecule has 1 heterocycles. The lowest BCUT2D eigenvalue weighted by molar-refractivity contribution is 0.466. The summed E-state index contributed by atoms with van der Waals surface area (Å²) in [6.07, 6.45) is 0. The van der Waals surface area contributed by atoms with Gasteiger partial charge in [-0.25, -0.2) is 8.42 Å². The zero-order valence-electron chi connectivity index (χ0n) is 11.1. The highest BCUT2D eigenvalue weighted by Crippen LogP contribution is 2.27. The fraction of sp³-hybridized carbons (Fsp3) is 0.231. The highest BCUT2D eigenvalue weighted by atomic mass is 79.9. The van der Waals surface area contributed by atoms with E-state index in [1.54, 1.807) is 32.2 Å². The fourth-order valence-corrected chi connectivity index (χ4v) is 3.60. The van der Waals surface area contributed by atoms with Gasteiger partial charge in [0, 0.05) is 10.5 Å². The predicted octanol–water partition coefficient (Wildman–Crippen LogP) is 2.87. The zero-order chi connectivity index (χ0) is 14.8. The van der Waals surface area contributed by atoms with Gasteiger partial charge in [-0.3, -0.25) is 4.72 Å². The quantitative estimate of drug-likeness (QED) is 0.861. The number of sulfonamides is 1. The van der Waals surface area contributed by atoms with E-state index in [0.717, 1.165) is 0 Å². The second-order valence-electron chi connectivity index (χ2n) is 4.25. The van der Waals surface area contributed by atoms with Crippen LogP contribution in [0.3, 0.4) is 0 Å². The normalized spacial score (nSPS) is 11.6. The lowest BCUT2D eigenvalue weighted by atomic mass is 10.3. The molecule has 2 N–H and O–H groups in total. The minimum Gasteiger partial charge on any atom is -0.464 e. The molecule has 2 rings (SSSR count). The van der Waals surface area contributed by atoms with E-state index < -0.39 is 10.0 Å². The first-order valence-corrected chi connectivity index (χ1v) is 8.23. The smallest absolute Gasteiger partial charge is 0.265 e. The number of para-hydroxylation sites is 1. The van der Waals surface area contributed by atoms with Crippen molar-refractivity contribution < 1.29 is 12.8 Å². The Morgan fingerprint density at radius 1 is 1.30 bits per heavy atom. The molecule has 0 spiro atoms. The Hall–Kier alpha value is -1.31. The number of hydrogen-bond acceptors (Lipinski definition) is 4. The van der Waals surface area contributed by atoms with Crippen LogP contribution in [0.2, 0.25) is 0 Å². The van der Waals surface area contributed by atoms with E-state index in [1.807, 2.05) is 6.07 Å². The van der Waals surface area contributed by atoms with Crippen molar-refractivity contribution >= 4 is 31.6 Å². The summed E-state index contributed by atoms with van der Waals surface area (Å²) in [6.45, 7) is 2.11. The number of rotatable bonds is 5. The summed E-state index contributed by atoms with van der Waals surface area (Å²) in [5, 5.41) is 2.92. The molecule has 0 unspecified atom stereocenters. The molecule has 0 saturated heterocycles. The van der Waals surface area contributed by atoms with E-state index in [2.05, 4.69) is 26.0 Å². The molecule has 0 aliphatic heterocycles. The lowest BCUT2D eigenvalue weighted by Gasteiger charge is -2.08. The Labute approximate surface area is 126 Å². The summed E-state index contributed by atoms with van der Waals surface area (Å²) in [4.78, 5) is 0.151. The van der Waals surface area contributed by atoms with Gasteiger partial charge in [0.2, 0.25) is 0 Å². The van der Waals surface area contributed by atoms with Gasteiger partial charge in [0.05, 0.1) is 12.2 Å². The van der Waals surface area contributed by atoms with Crippen LogP contribution in [0.25, 0.3) is 0 Å². The first-order valence-electron chi connectivity index (χ1n) is 5.95. The topological polar surface area (TPSA) is 71.3 Å². The third-order valence-electron chi connectivity index (χ3n) is 2.68. The minimum atomic E-state index is -3.67. The number of halogens is 1. The van der Waals surface area contributed by atoms with Gasteiger partial charge >= 0.3 is 0 Å². The Balaban J connectivity index is 2.33. The number of anilines is 1. The van der Waals surface area contributed by atoms with E-state index in [9.17, 15) is 8.42 Å². The molecule has 0 radical (unpaired) electrons. The third kappa shape index (κ3) is 3.23. The number of furan rings is 1. The molecule has 0 saturated carbocycles. The lowest BCUT2D eigenvalue weighted by Crippen LogP contribution is -2.13. The molecule has 1 aromatic carbocycles. The number of aryl methyl sites for hydroxylation is 1. The number of nitrogens with one attached hydrogen (secondary N) is 2. The molecule has 5 nitrogen and oxygen atoms in total. The highest BCUT2D eigenvalue weighted by molar-refractivity contribution is 9.10. The van der Waals surface area contributed by atoms with E-state index in [-0.39, 0.29) is 4.90 Å². The maximum Gasteiger partial charge on any atom is 0.265 e. The second kappa shape index (κ2) is 5.99. The first-order chi connectivity index (χ1) is 9.44. The van der Waals surface area contributed by atoms with E-state index in [4.69, 9.17) is 4.42 Å². The van der Waals surface area contributed by atoms with Crippen molar-refractivity contribution in [3.05, 3.63) is 46.3 Å². The van der Waals surface area contributed by atoms with Crippen molar-refractivity contribution in [2.45, 2.75) is 18.4 Å². The van der Waals surface area contributed by atoms with Gasteiger partial charge in [-0.15, -0.1) is 0 Å². The standard InChI is InChI=1S/C13H15BrN2O3S/c1-9-13(7-10(19-9)8-15-2)20(17,18)16-12-6-4-3-5-11(12)14/h3-7,15-16H,8H2,1-2H3. The van der Waals surface area contributed by atoms with Crippen molar-refractivity contribution in [3.8, 4) is 0 Å². The number of hydrogen-bond donors (Lipinski definition) is 2. The monoisotopic (exact) mass is 358 g/mol. The molecule has 0 aliphatic carbocycles. The van der Waals surface area contributed by atoms with Gasteiger partial charge < -0.3 is 9.73 Å². The Morgan fingerprint density at radius 2 is 2.00 bits per heavy atom. The fourth-order valence-electron chi connectivity index (χ4n) is 1.80. The second-order valence-corrected chi connectivity index (χ2v) is 6.75. The average Bonchev–Trinajstić information content (AvgIpc) is 2.74. The van der Waals surface area contributed by atoms with Gasteiger partial charge in [-0.05, 0) is 42.0 Å². The van der Waals surface area contributed by atoms with Gasteiger partial charge in [0.1, 0.15) is 16.4 Å². The van der Waals surface area contributed by atoms with Gasteiger partial charge in [-0.2, -0.15) is 0 Å². The molecule has 0 amide bonds. The molecule has 0 atom stereocenters. The molecule has 2 aromatic rings. The highest BCUT2D eigenvalue weighted by Gasteiger charge is 2.22. The van der Waals surface area contributed by atoms with Crippen molar-refractivity contribution in [1.29, 1.82) is 0 Å². The molecule has 0 bridgehead atoms. The SMILES string of the molecule is CNCc1cc(S(=O)(=O)Nc2ccccc2Br)c(C)o1. The summed E-state index contributed by atoms with van der Waals surface area (Å²) in [6, 6.07) is 8.57. The molecule has 7 heteroatoms. The van der Waals surface area contributed by atoms with Crippen molar-refractivity contribution in [2.24, 2.45) is 0 Å². The van der Waals surface area contributed by atoms with Crippen LogP contribution < -0.4 is 10.0 Å². The molecule has 1 aromatic heterocycles. The summed E-state index contributed by atoms with van der Waals surface area (Å²) >= 11 is 3.31. The van der Waals surface area contributed by atoms with Gasteiger partial charge in [-0.1, -0.05) is 12.1 Å². The zero-order valence-corrected chi connectivity index (χ0v) is 13.5. The predicted molar refractivity (Wildman–Crippen MR) is 81.2 cm³/mol. The molecule has 20 heavy (non-hydrogen) atoms. The third-order valence-corrected chi connectivity index (χ3v) is 4.85. The molecule has 0 aliphatic rings. The Morgan fingerprint density at radius 3 is 2.65 bits per heavy atom. The Bertz CT molecular complexity index is 710. The van der Waals surface area contributed by atoms with Crippen molar-refractivity contribution in [2.75, 3.05) is 11.8 Å². The van der Waals surface area contributed by atoms with Crippen LogP contribution in [0.5, 0.6) is 0 Å². The largest absolute Gasteiger partial charge is 0.464 e. The van der Waals surface area contributed by atoms with E-state index in [1.165, 1.54) is 6.07 Å². The number of benzene rings is 1. The van der Waals surface area contributed by atoms with Gasteiger partial charge in [0.25, 0.3) is 10.0 Å². The minimum absolute atomic E-state index is 0.151. The van der Waals surface area contributed by atoms with Crippen molar-refractivity contribution in [1.82, 2.24) is 5.32 Å². The summed E-state index contributed by atoms with van der Waals surface area (Å²) in [7, 11) is -1.90. The van der Waals surface area contributed by atoms with Crippen LogP contribution in [-0.2, 0) is 16.6 Å². The van der Waals surface area contributed by atoms with Crippen LogP contribution in [0.1, 0.15) is 11.5 Å². The van der Waals surface area contributed by atoms with Crippen LogP contribution >= 0.6 is 15.9 Å². The molecular weight excluding hydrogens is 344 g/mol. The van der Waals surface area contributed by atoms with Gasteiger partial charge in [0.15, 0.2) is 0 Å². The molecular formula is C13H15BrN2O3S. The van der Waals surface area contributed by atoms with Crippen LogP contribution in [0, 0.1) is 6.92 Å². The maximum absolute atomic E-state index is 12.4. The van der Waals surface area contributed by atoms with E-state index in [0.29, 0.717) is 28.2 Å². The van der Waals surface area contributed by atoms with Crippen LogP contribution in [0.15, 0.2) is 44.1 Å². The summed E-state index contributed by atoms with van der Waals surface area (Å²) < 4.78 is 33.4. The van der Waals surface area contributed by atoms with Crippen LogP contribution in [-0.4, -0.2) is 15.5 Å². The summed E-state index contributed by atoms with van der Waals surface area (Å²) in [5.74, 6) is 0.951.